The molecule has 0 fully saturated rings. The van der Waals surface area contributed by atoms with Gasteiger partial charge in [-0.15, -0.1) is 5.10 Å². The van der Waals surface area contributed by atoms with Crippen molar-refractivity contribution in [2.75, 3.05) is 13.1 Å². The molecule has 3 aromatic heterocycles. The summed E-state index contributed by atoms with van der Waals surface area (Å²) < 4.78 is 28.8. The molecule has 31 heavy (non-hydrogen) atoms. The number of sulfonamides is 1. The second-order valence-electron chi connectivity index (χ2n) is 7.25. The predicted molar refractivity (Wildman–Crippen MR) is 121 cm³/mol. The Morgan fingerprint density at radius 1 is 1.10 bits per heavy atom. The Morgan fingerprint density at radius 2 is 1.84 bits per heavy atom. The molecule has 11 heteroatoms. The van der Waals surface area contributed by atoms with Crippen molar-refractivity contribution in [3.63, 3.8) is 0 Å². The summed E-state index contributed by atoms with van der Waals surface area (Å²) in [6, 6.07) is 4.99. The Morgan fingerprint density at radius 3 is 2.55 bits per heavy atom. The van der Waals surface area contributed by atoms with Crippen LogP contribution in [0.4, 0.5) is 0 Å². The molecule has 4 aromatic rings. The SMILES string of the molecule is CCN(CC)S(=O)(=O)c1ccc2nc(CSc3nc4nc(C)c(C)c(C)n4n3)[nH]c2c1. The van der Waals surface area contributed by atoms with Gasteiger partial charge >= 0.3 is 0 Å². The minimum absolute atomic E-state index is 0.265. The Hall–Kier alpha value is -2.50. The van der Waals surface area contributed by atoms with E-state index >= 15 is 0 Å². The summed E-state index contributed by atoms with van der Waals surface area (Å²) in [7, 11) is -3.51. The number of thioether (sulfide) groups is 1. The molecule has 0 aliphatic heterocycles. The lowest BCUT2D eigenvalue weighted by Gasteiger charge is -2.18. The Bertz CT molecular complexity index is 1370. The van der Waals surface area contributed by atoms with E-state index in [1.54, 1.807) is 22.7 Å². The van der Waals surface area contributed by atoms with Crippen LogP contribution in [0, 0.1) is 20.8 Å². The Labute approximate surface area is 185 Å². The molecule has 1 N–H and O–H groups in total. The molecular formula is C20H25N7O2S2. The molecule has 164 valence electrons. The number of aryl methyl sites for hydroxylation is 2. The first-order valence-corrected chi connectivity index (χ1v) is 12.5. The quantitative estimate of drug-likeness (QED) is 0.423. The van der Waals surface area contributed by atoms with Crippen LogP contribution in [0.25, 0.3) is 16.8 Å². The zero-order valence-corrected chi connectivity index (χ0v) is 19.8. The van der Waals surface area contributed by atoms with Crippen LogP contribution >= 0.6 is 11.8 Å². The molecule has 0 atom stereocenters. The van der Waals surface area contributed by atoms with Gasteiger partial charge in [-0.2, -0.15) is 9.29 Å². The molecule has 0 radical (unpaired) electrons. The summed E-state index contributed by atoms with van der Waals surface area (Å²) in [4.78, 5) is 17.1. The third-order valence-corrected chi connectivity index (χ3v) is 8.32. The minimum atomic E-state index is -3.51. The van der Waals surface area contributed by atoms with E-state index in [-0.39, 0.29) is 4.90 Å². The molecule has 0 saturated heterocycles. The maximum absolute atomic E-state index is 12.8. The van der Waals surface area contributed by atoms with Crippen LogP contribution in [-0.4, -0.2) is 55.4 Å². The van der Waals surface area contributed by atoms with Crippen molar-refractivity contribution in [3.8, 4) is 0 Å². The summed E-state index contributed by atoms with van der Waals surface area (Å²) in [6.07, 6.45) is 0. The molecular weight excluding hydrogens is 434 g/mol. The van der Waals surface area contributed by atoms with E-state index in [0.717, 1.165) is 28.3 Å². The number of hydrogen-bond acceptors (Lipinski definition) is 7. The monoisotopic (exact) mass is 459 g/mol. The Balaban J connectivity index is 1.57. The number of fused-ring (bicyclic) bond motifs is 2. The highest BCUT2D eigenvalue weighted by atomic mass is 32.2. The molecule has 0 spiro atoms. The minimum Gasteiger partial charge on any atom is -0.341 e. The second-order valence-corrected chi connectivity index (χ2v) is 10.1. The maximum atomic E-state index is 12.8. The van der Waals surface area contributed by atoms with Crippen LogP contribution in [0.15, 0.2) is 28.3 Å². The number of aromatic amines is 1. The fraction of sp³-hybridized carbons (Fsp3) is 0.400. The lowest BCUT2D eigenvalue weighted by Crippen LogP contribution is -2.30. The third-order valence-electron chi connectivity index (χ3n) is 5.43. The average Bonchev–Trinajstić information content (AvgIpc) is 3.34. The van der Waals surface area contributed by atoms with Gasteiger partial charge in [0.2, 0.25) is 15.2 Å². The fourth-order valence-electron chi connectivity index (χ4n) is 3.41. The number of imidazole rings is 1. The van der Waals surface area contributed by atoms with Crippen molar-refractivity contribution < 1.29 is 8.42 Å². The molecule has 0 amide bonds. The lowest BCUT2D eigenvalue weighted by atomic mass is 10.2. The van der Waals surface area contributed by atoms with E-state index in [0.29, 0.717) is 35.3 Å². The summed E-state index contributed by atoms with van der Waals surface area (Å²) in [5.74, 6) is 1.84. The second kappa shape index (κ2) is 8.21. The molecule has 1 aromatic carbocycles. The average molecular weight is 460 g/mol. The summed E-state index contributed by atoms with van der Waals surface area (Å²) in [5.41, 5.74) is 4.48. The van der Waals surface area contributed by atoms with Crippen LogP contribution in [0.1, 0.15) is 36.6 Å². The van der Waals surface area contributed by atoms with E-state index in [4.69, 9.17) is 0 Å². The number of hydrogen-bond donors (Lipinski definition) is 1. The number of nitrogens with one attached hydrogen (secondary N) is 1. The van der Waals surface area contributed by atoms with Crippen molar-refractivity contribution in [3.05, 3.63) is 41.0 Å². The molecule has 0 bridgehead atoms. The highest BCUT2D eigenvalue weighted by Gasteiger charge is 2.22. The number of rotatable bonds is 7. The maximum Gasteiger partial charge on any atom is 0.253 e. The summed E-state index contributed by atoms with van der Waals surface area (Å²) >= 11 is 1.45. The van der Waals surface area contributed by atoms with E-state index in [1.807, 2.05) is 34.6 Å². The van der Waals surface area contributed by atoms with Gasteiger partial charge in [0.1, 0.15) is 5.82 Å². The molecule has 0 aliphatic carbocycles. The number of H-pyrrole nitrogens is 1. The van der Waals surface area contributed by atoms with Crippen LogP contribution in [0.3, 0.4) is 0 Å². The van der Waals surface area contributed by atoms with Crippen LogP contribution in [0.2, 0.25) is 0 Å². The van der Waals surface area contributed by atoms with Crippen molar-refractivity contribution in [2.45, 2.75) is 50.4 Å². The zero-order valence-electron chi connectivity index (χ0n) is 18.2. The van der Waals surface area contributed by atoms with Gasteiger partial charge in [-0.1, -0.05) is 25.6 Å². The normalized spacial score (nSPS) is 12.5. The van der Waals surface area contributed by atoms with Crippen LogP contribution < -0.4 is 0 Å². The van der Waals surface area contributed by atoms with Gasteiger partial charge < -0.3 is 4.98 Å². The van der Waals surface area contributed by atoms with Gasteiger partial charge in [0.15, 0.2) is 0 Å². The standard InChI is InChI=1S/C20H25N7O2S2/c1-6-26(7-2)31(28,29)15-8-9-16-17(10-15)23-18(22-16)11-30-20-24-19-21-13(4)12(3)14(5)27(19)25-20/h8-10H,6-7,11H2,1-5H3,(H,22,23). The fourth-order valence-corrected chi connectivity index (χ4v) is 5.59. The van der Waals surface area contributed by atoms with Crippen LogP contribution in [0.5, 0.6) is 0 Å². The number of nitrogens with zero attached hydrogens (tertiary/aromatic N) is 6. The molecule has 0 saturated carbocycles. The van der Waals surface area contributed by atoms with E-state index in [2.05, 4.69) is 25.0 Å². The molecule has 9 nitrogen and oxygen atoms in total. The molecule has 4 rings (SSSR count). The Kier molecular flexibility index (Phi) is 5.75. The predicted octanol–water partition coefficient (Wildman–Crippen LogP) is 3.25. The highest BCUT2D eigenvalue weighted by Crippen LogP contribution is 2.24. The zero-order chi connectivity index (χ0) is 22.3. The molecule has 3 heterocycles. The summed E-state index contributed by atoms with van der Waals surface area (Å²) in [6.45, 7) is 10.5. The van der Waals surface area contributed by atoms with Crippen molar-refractivity contribution >= 4 is 38.6 Å². The van der Waals surface area contributed by atoms with Gasteiger partial charge in [-0.05, 0) is 44.5 Å². The largest absolute Gasteiger partial charge is 0.341 e. The number of aromatic nitrogens is 6. The van der Waals surface area contributed by atoms with Gasteiger partial charge in [0.25, 0.3) is 5.78 Å². The summed E-state index contributed by atoms with van der Waals surface area (Å²) in [5, 5.41) is 5.16. The van der Waals surface area contributed by atoms with Crippen molar-refractivity contribution in [1.29, 1.82) is 0 Å². The number of benzene rings is 1. The van der Waals surface area contributed by atoms with E-state index in [1.165, 1.54) is 16.1 Å². The first kappa shape index (κ1) is 21.7. The highest BCUT2D eigenvalue weighted by molar-refractivity contribution is 7.98. The van der Waals surface area contributed by atoms with Gasteiger partial charge in [-0.3, -0.25) is 0 Å². The smallest absolute Gasteiger partial charge is 0.253 e. The first-order valence-electron chi connectivity index (χ1n) is 10.1. The van der Waals surface area contributed by atoms with Gasteiger partial charge in [0, 0.05) is 24.5 Å². The molecule has 0 aliphatic rings. The molecule has 0 unspecified atom stereocenters. The van der Waals surface area contributed by atoms with E-state index in [9.17, 15) is 8.42 Å². The van der Waals surface area contributed by atoms with Gasteiger partial charge in [0.05, 0.1) is 21.7 Å². The van der Waals surface area contributed by atoms with Crippen molar-refractivity contribution in [1.82, 2.24) is 33.9 Å². The third kappa shape index (κ3) is 3.92. The lowest BCUT2D eigenvalue weighted by molar-refractivity contribution is 0.445. The van der Waals surface area contributed by atoms with Crippen LogP contribution in [-0.2, 0) is 15.8 Å². The topological polar surface area (TPSA) is 109 Å². The van der Waals surface area contributed by atoms with Gasteiger partial charge in [-0.25, -0.2) is 22.9 Å². The van der Waals surface area contributed by atoms with E-state index < -0.39 is 10.0 Å². The first-order chi connectivity index (χ1) is 14.7. The van der Waals surface area contributed by atoms with Crippen molar-refractivity contribution in [2.24, 2.45) is 0 Å².